The van der Waals surface area contributed by atoms with Crippen molar-refractivity contribution in [3.8, 4) is 0 Å². The van der Waals surface area contributed by atoms with Gasteiger partial charge in [0.05, 0.1) is 6.42 Å². The van der Waals surface area contributed by atoms with Crippen LogP contribution in [-0.4, -0.2) is 29.8 Å². The summed E-state index contributed by atoms with van der Waals surface area (Å²) in [6.07, 6.45) is 4.15. The van der Waals surface area contributed by atoms with Gasteiger partial charge in [-0.05, 0) is 19.8 Å². The number of hydrogen-bond donors (Lipinski definition) is 0. The smallest absolute Gasteiger partial charge is 0.254 e. The number of hydrogen-bond acceptors (Lipinski definition) is 1. The van der Waals surface area contributed by atoms with Gasteiger partial charge in [-0.1, -0.05) is 12.8 Å². The normalized spacial score (nSPS) is 24.3. The summed E-state index contributed by atoms with van der Waals surface area (Å²) in [5.74, 6) is -3.25. The largest absolute Gasteiger partial charge is 0.341 e. The van der Waals surface area contributed by atoms with Gasteiger partial charge in [0.15, 0.2) is 0 Å². The fourth-order valence-electron chi connectivity index (χ4n) is 2.76. The van der Waals surface area contributed by atoms with E-state index >= 15 is 0 Å². The second-order valence-corrected chi connectivity index (χ2v) is 5.20. The van der Waals surface area contributed by atoms with Crippen LogP contribution < -0.4 is 0 Å². The molecule has 1 saturated carbocycles. The number of halogens is 2. The van der Waals surface area contributed by atoms with E-state index in [2.05, 4.69) is 0 Å². The lowest BCUT2D eigenvalue weighted by molar-refractivity contribution is -0.149. The van der Waals surface area contributed by atoms with Gasteiger partial charge in [0.2, 0.25) is 5.91 Å². The highest BCUT2D eigenvalue weighted by molar-refractivity contribution is 5.78. The van der Waals surface area contributed by atoms with Crippen molar-refractivity contribution in [3.63, 3.8) is 0 Å². The zero-order chi connectivity index (χ0) is 11.1. The van der Waals surface area contributed by atoms with Crippen molar-refractivity contribution >= 4 is 5.91 Å². The van der Waals surface area contributed by atoms with E-state index in [1.54, 1.807) is 4.90 Å². The highest BCUT2D eigenvalue weighted by Gasteiger charge is 2.47. The van der Waals surface area contributed by atoms with E-state index in [-0.39, 0.29) is 5.91 Å². The Hall–Kier alpha value is -0.670. The third kappa shape index (κ3) is 2.29. The molecule has 0 aromatic rings. The van der Waals surface area contributed by atoms with Crippen LogP contribution in [0.25, 0.3) is 0 Å². The topological polar surface area (TPSA) is 20.3 Å². The monoisotopic (exact) mass is 217 g/mol. The molecule has 2 aliphatic rings. The van der Waals surface area contributed by atoms with Crippen LogP contribution in [0.3, 0.4) is 0 Å². The predicted octanol–water partition coefficient (Wildman–Crippen LogP) is 2.43. The summed E-state index contributed by atoms with van der Waals surface area (Å²) in [6.45, 7) is 2.22. The molecule has 1 saturated heterocycles. The summed E-state index contributed by atoms with van der Waals surface area (Å²) >= 11 is 0. The number of rotatable bonds is 2. The minimum absolute atomic E-state index is 0.304. The molecule has 1 aliphatic heterocycles. The van der Waals surface area contributed by atoms with Gasteiger partial charge in [-0.25, -0.2) is 8.78 Å². The Labute approximate surface area is 88.6 Å². The Balaban J connectivity index is 1.81. The highest BCUT2D eigenvalue weighted by Crippen LogP contribution is 2.45. The third-order valence-corrected chi connectivity index (χ3v) is 3.53. The van der Waals surface area contributed by atoms with E-state index in [1.807, 2.05) is 0 Å². The Bertz CT molecular complexity index is 258. The first-order chi connectivity index (χ1) is 6.90. The van der Waals surface area contributed by atoms with Crippen LogP contribution in [0.4, 0.5) is 8.78 Å². The molecule has 0 N–H and O–H groups in total. The fraction of sp³-hybridized carbons (Fsp3) is 0.909. The second-order valence-electron chi connectivity index (χ2n) is 5.20. The van der Waals surface area contributed by atoms with Gasteiger partial charge in [-0.15, -0.1) is 0 Å². The van der Waals surface area contributed by atoms with Gasteiger partial charge in [0.25, 0.3) is 5.92 Å². The molecule has 0 aromatic heterocycles. The molecule has 1 spiro atoms. The van der Waals surface area contributed by atoms with Crippen molar-refractivity contribution in [2.75, 3.05) is 13.1 Å². The number of carbonyl (C=O) groups excluding carboxylic acids is 1. The maximum atomic E-state index is 12.6. The molecule has 1 heterocycles. The van der Waals surface area contributed by atoms with E-state index in [0.717, 1.165) is 6.92 Å². The summed E-state index contributed by atoms with van der Waals surface area (Å²) in [5.41, 5.74) is 0.304. The molecule has 0 unspecified atom stereocenters. The minimum atomic E-state index is -2.87. The summed E-state index contributed by atoms with van der Waals surface area (Å²) < 4.78 is 25.2. The Kier molecular flexibility index (Phi) is 2.47. The average molecular weight is 217 g/mol. The quantitative estimate of drug-likeness (QED) is 0.695. The molecular formula is C11H17F2NO. The Morgan fingerprint density at radius 1 is 1.33 bits per heavy atom. The first kappa shape index (κ1) is 10.8. The zero-order valence-corrected chi connectivity index (χ0v) is 9.06. The molecule has 1 amide bonds. The molecule has 0 atom stereocenters. The standard InChI is InChI=1S/C11H17F2NO/c1-10(12,13)6-9(15)14-7-11(8-14)4-2-3-5-11/h2-8H2,1H3. The molecule has 2 fully saturated rings. The minimum Gasteiger partial charge on any atom is -0.341 e. The molecule has 1 aliphatic carbocycles. The van der Waals surface area contributed by atoms with Gasteiger partial charge in [0.1, 0.15) is 0 Å². The van der Waals surface area contributed by atoms with Crippen molar-refractivity contribution in [2.45, 2.75) is 45.0 Å². The van der Waals surface area contributed by atoms with Gasteiger partial charge >= 0.3 is 0 Å². The first-order valence-electron chi connectivity index (χ1n) is 5.56. The Morgan fingerprint density at radius 2 is 1.87 bits per heavy atom. The maximum Gasteiger partial charge on any atom is 0.254 e. The summed E-state index contributed by atoms with van der Waals surface area (Å²) in [6, 6.07) is 0. The lowest BCUT2D eigenvalue weighted by atomic mass is 9.78. The van der Waals surface area contributed by atoms with Crippen LogP contribution >= 0.6 is 0 Å². The van der Waals surface area contributed by atoms with Crippen LogP contribution in [-0.2, 0) is 4.79 Å². The maximum absolute atomic E-state index is 12.6. The van der Waals surface area contributed by atoms with Crippen molar-refractivity contribution in [1.82, 2.24) is 4.90 Å². The van der Waals surface area contributed by atoms with Gasteiger partial charge < -0.3 is 4.90 Å². The van der Waals surface area contributed by atoms with Crippen LogP contribution in [0.15, 0.2) is 0 Å². The second kappa shape index (κ2) is 3.42. The Morgan fingerprint density at radius 3 is 2.33 bits per heavy atom. The van der Waals surface area contributed by atoms with Crippen molar-refractivity contribution in [1.29, 1.82) is 0 Å². The molecule has 15 heavy (non-hydrogen) atoms. The van der Waals surface area contributed by atoms with Gasteiger partial charge in [-0.2, -0.15) is 0 Å². The van der Waals surface area contributed by atoms with Crippen LogP contribution in [0, 0.1) is 5.41 Å². The summed E-state index contributed by atoms with van der Waals surface area (Å²) in [5, 5.41) is 0. The van der Waals surface area contributed by atoms with E-state index < -0.39 is 12.3 Å². The SMILES string of the molecule is CC(F)(F)CC(=O)N1CC2(CCCC2)C1. The van der Waals surface area contributed by atoms with Crippen molar-refractivity contribution < 1.29 is 13.6 Å². The number of likely N-dealkylation sites (tertiary alicyclic amines) is 1. The molecule has 0 aromatic carbocycles. The van der Waals surface area contributed by atoms with Crippen molar-refractivity contribution in [2.24, 2.45) is 5.41 Å². The number of amides is 1. The average Bonchev–Trinajstić information content (AvgIpc) is 2.44. The molecule has 86 valence electrons. The van der Waals surface area contributed by atoms with E-state index in [1.165, 1.54) is 25.7 Å². The van der Waals surface area contributed by atoms with Crippen molar-refractivity contribution in [3.05, 3.63) is 0 Å². The molecule has 4 heteroatoms. The van der Waals surface area contributed by atoms with Crippen LogP contribution in [0.2, 0.25) is 0 Å². The molecule has 0 bridgehead atoms. The number of alkyl halides is 2. The number of nitrogens with zero attached hydrogens (tertiary/aromatic N) is 1. The van der Waals surface area contributed by atoms with E-state index in [4.69, 9.17) is 0 Å². The lowest BCUT2D eigenvalue weighted by Gasteiger charge is -2.48. The number of carbonyl (C=O) groups is 1. The molecule has 0 radical (unpaired) electrons. The molecule has 2 nitrogen and oxygen atoms in total. The lowest BCUT2D eigenvalue weighted by Crippen LogP contribution is -2.57. The molecular weight excluding hydrogens is 200 g/mol. The first-order valence-corrected chi connectivity index (χ1v) is 5.56. The predicted molar refractivity (Wildman–Crippen MR) is 52.7 cm³/mol. The third-order valence-electron chi connectivity index (χ3n) is 3.53. The van der Waals surface area contributed by atoms with Crippen LogP contribution in [0.5, 0.6) is 0 Å². The highest BCUT2D eigenvalue weighted by atomic mass is 19.3. The van der Waals surface area contributed by atoms with E-state index in [9.17, 15) is 13.6 Å². The fourth-order valence-corrected chi connectivity index (χ4v) is 2.76. The van der Waals surface area contributed by atoms with Crippen LogP contribution in [0.1, 0.15) is 39.0 Å². The van der Waals surface area contributed by atoms with Gasteiger partial charge in [-0.3, -0.25) is 4.79 Å². The summed E-state index contributed by atoms with van der Waals surface area (Å²) in [4.78, 5) is 13.0. The molecule has 2 rings (SSSR count). The summed E-state index contributed by atoms with van der Waals surface area (Å²) in [7, 11) is 0. The zero-order valence-electron chi connectivity index (χ0n) is 9.06. The van der Waals surface area contributed by atoms with E-state index in [0.29, 0.717) is 18.5 Å². The van der Waals surface area contributed by atoms with Gasteiger partial charge in [0, 0.05) is 18.5 Å².